The van der Waals surface area contributed by atoms with Crippen molar-refractivity contribution in [2.45, 2.75) is 12.8 Å². The van der Waals surface area contributed by atoms with Crippen LogP contribution in [-0.2, 0) is 12.8 Å². The number of halogens is 2. The lowest BCUT2D eigenvalue weighted by Gasteiger charge is -2.09. The summed E-state index contributed by atoms with van der Waals surface area (Å²) < 4.78 is 29.7. The van der Waals surface area contributed by atoms with Gasteiger partial charge in [-0.3, -0.25) is 14.5 Å². The van der Waals surface area contributed by atoms with Gasteiger partial charge in [0.15, 0.2) is 5.65 Å². The molecule has 7 nitrogen and oxygen atoms in total. The Hall–Kier alpha value is -4.66. The molecule has 2 aromatic heterocycles. The third-order valence-corrected chi connectivity index (χ3v) is 5.67. The Balaban J connectivity index is 1.68. The number of nitro benzene ring substituents is 1. The summed E-state index contributed by atoms with van der Waals surface area (Å²) in [4.78, 5) is 19.6. The van der Waals surface area contributed by atoms with Crippen LogP contribution in [-0.4, -0.2) is 24.4 Å². The summed E-state index contributed by atoms with van der Waals surface area (Å²) in [5.74, 6) is -1.56. The largest absolute Gasteiger partial charge is 0.493 e. The molecule has 5 rings (SSSR count). The van der Waals surface area contributed by atoms with E-state index in [9.17, 15) is 24.0 Å². The van der Waals surface area contributed by atoms with Crippen LogP contribution in [0.25, 0.3) is 16.9 Å². The van der Waals surface area contributed by atoms with Crippen LogP contribution in [0.1, 0.15) is 22.5 Å². The van der Waals surface area contributed by atoms with Gasteiger partial charge >= 0.3 is 5.69 Å². The minimum absolute atomic E-state index is 0.0661. The molecule has 0 unspecified atom stereocenters. The maximum atomic E-state index is 15.0. The van der Waals surface area contributed by atoms with Gasteiger partial charge in [-0.1, -0.05) is 48.5 Å². The van der Waals surface area contributed by atoms with Crippen molar-refractivity contribution in [1.82, 2.24) is 14.4 Å². The molecule has 0 spiro atoms. The molecule has 0 radical (unpaired) electrons. The van der Waals surface area contributed by atoms with Crippen molar-refractivity contribution in [2.24, 2.45) is 0 Å². The van der Waals surface area contributed by atoms with Crippen LogP contribution >= 0.6 is 0 Å². The van der Waals surface area contributed by atoms with Gasteiger partial charge in [0.25, 0.3) is 0 Å². The van der Waals surface area contributed by atoms with Crippen molar-refractivity contribution >= 4 is 11.3 Å². The SMILES string of the molecule is O=[N+]([O-])c1cccc(-c2cn3c(O)c(Cc4ccc(F)cc4)nc3c(Cc3ccccc3)n2)c1F. The summed E-state index contributed by atoms with van der Waals surface area (Å²) in [6, 6.07) is 19.2. The second kappa shape index (κ2) is 8.94. The quantitative estimate of drug-likeness (QED) is 0.261. The first-order valence-corrected chi connectivity index (χ1v) is 10.7. The van der Waals surface area contributed by atoms with Gasteiger partial charge in [0, 0.05) is 30.7 Å². The van der Waals surface area contributed by atoms with Crippen molar-refractivity contribution in [2.75, 3.05) is 0 Å². The second-order valence-corrected chi connectivity index (χ2v) is 8.01. The number of benzene rings is 3. The van der Waals surface area contributed by atoms with Gasteiger partial charge in [-0.2, -0.15) is 4.39 Å². The lowest BCUT2D eigenvalue weighted by atomic mass is 10.1. The van der Waals surface area contributed by atoms with Crippen molar-refractivity contribution in [3.05, 3.63) is 123 Å². The van der Waals surface area contributed by atoms with E-state index in [0.29, 0.717) is 23.5 Å². The number of hydrogen-bond donors (Lipinski definition) is 1. The van der Waals surface area contributed by atoms with Crippen molar-refractivity contribution in [3.8, 4) is 17.1 Å². The average Bonchev–Trinajstić information content (AvgIpc) is 3.16. The van der Waals surface area contributed by atoms with Gasteiger partial charge in [-0.05, 0) is 29.3 Å². The predicted molar refractivity (Wildman–Crippen MR) is 125 cm³/mol. The molecule has 35 heavy (non-hydrogen) atoms. The third kappa shape index (κ3) is 4.31. The Kier molecular flexibility index (Phi) is 5.66. The zero-order valence-corrected chi connectivity index (χ0v) is 18.2. The monoisotopic (exact) mass is 472 g/mol. The van der Waals surface area contributed by atoms with Crippen molar-refractivity contribution < 1.29 is 18.8 Å². The standard InChI is InChI=1S/C26H18F2N4O3/c27-18-11-9-17(10-12-18)14-21-26(33)31-15-22(19-7-4-8-23(24(19)28)32(34)35)29-20(25(31)30-21)13-16-5-2-1-3-6-16/h1-12,15,33H,13-14H2. The molecular formula is C26H18F2N4O3. The number of rotatable bonds is 6. The highest BCUT2D eigenvalue weighted by Gasteiger charge is 2.22. The van der Waals surface area contributed by atoms with E-state index >= 15 is 0 Å². The van der Waals surface area contributed by atoms with E-state index in [2.05, 4.69) is 9.97 Å². The first-order chi connectivity index (χ1) is 16.9. The minimum atomic E-state index is -1.01. The summed E-state index contributed by atoms with van der Waals surface area (Å²) in [6.45, 7) is 0. The topological polar surface area (TPSA) is 93.6 Å². The molecule has 0 aliphatic heterocycles. The molecule has 2 heterocycles. The predicted octanol–water partition coefficient (Wildman–Crippen LogP) is 5.47. The van der Waals surface area contributed by atoms with Crippen LogP contribution in [0.4, 0.5) is 14.5 Å². The van der Waals surface area contributed by atoms with Crippen LogP contribution in [0.5, 0.6) is 5.88 Å². The molecule has 174 valence electrons. The van der Waals surface area contributed by atoms with Crippen LogP contribution in [0.15, 0.2) is 79.0 Å². The molecule has 0 saturated heterocycles. The lowest BCUT2D eigenvalue weighted by Crippen LogP contribution is -2.02. The van der Waals surface area contributed by atoms with E-state index in [-0.39, 0.29) is 29.4 Å². The number of nitrogens with zero attached hydrogens (tertiary/aromatic N) is 4. The molecule has 0 aliphatic carbocycles. The fourth-order valence-electron chi connectivity index (χ4n) is 3.95. The number of hydrogen-bond acceptors (Lipinski definition) is 5. The van der Waals surface area contributed by atoms with Crippen LogP contribution < -0.4 is 0 Å². The number of fused-ring (bicyclic) bond motifs is 1. The average molecular weight is 472 g/mol. The molecule has 0 fully saturated rings. The maximum Gasteiger partial charge on any atom is 0.305 e. The van der Waals surface area contributed by atoms with E-state index in [1.54, 1.807) is 12.1 Å². The van der Waals surface area contributed by atoms with Gasteiger partial charge in [0.1, 0.15) is 11.5 Å². The summed E-state index contributed by atoms with van der Waals surface area (Å²) in [5, 5.41) is 22.2. The van der Waals surface area contributed by atoms with E-state index in [1.165, 1.54) is 34.9 Å². The Labute approximate surface area is 198 Å². The Morgan fingerprint density at radius 1 is 0.857 bits per heavy atom. The van der Waals surface area contributed by atoms with Crippen LogP contribution in [0, 0.1) is 21.7 Å². The number of aromatic nitrogens is 3. The van der Waals surface area contributed by atoms with Gasteiger partial charge in [-0.15, -0.1) is 0 Å². The summed E-state index contributed by atoms with van der Waals surface area (Å²) >= 11 is 0. The van der Waals surface area contributed by atoms with Crippen LogP contribution in [0.2, 0.25) is 0 Å². The van der Waals surface area contributed by atoms with Gasteiger partial charge in [-0.25, -0.2) is 14.4 Å². The van der Waals surface area contributed by atoms with Crippen molar-refractivity contribution in [3.63, 3.8) is 0 Å². The Morgan fingerprint density at radius 3 is 2.26 bits per heavy atom. The van der Waals surface area contributed by atoms with Gasteiger partial charge in [0.05, 0.1) is 16.3 Å². The Morgan fingerprint density at radius 2 is 1.54 bits per heavy atom. The minimum Gasteiger partial charge on any atom is -0.493 e. The lowest BCUT2D eigenvalue weighted by molar-refractivity contribution is -0.387. The maximum absolute atomic E-state index is 15.0. The van der Waals surface area contributed by atoms with Crippen molar-refractivity contribution in [1.29, 1.82) is 0 Å². The normalized spacial score (nSPS) is 11.1. The number of aromatic hydroxyl groups is 1. The highest BCUT2D eigenvalue weighted by atomic mass is 19.1. The molecule has 3 aromatic carbocycles. The Bertz CT molecular complexity index is 1550. The molecule has 1 N–H and O–H groups in total. The highest BCUT2D eigenvalue weighted by molar-refractivity contribution is 5.66. The first kappa shape index (κ1) is 22.1. The highest BCUT2D eigenvalue weighted by Crippen LogP contribution is 2.31. The molecule has 0 saturated carbocycles. The van der Waals surface area contributed by atoms with E-state index in [1.807, 2.05) is 30.3 Å². The van der Waals surface area contributed by atoms with Crippen LogP contribution in [0.3, 0.4) is 0 Å². The molecule has 0 aliphatic rings. The zero-order valence-electron chi connectivity index (χ0n) is 18.2. The molecule has 0 amide bonds. The van der Waals surface area contributed by atoms with Gasteiger partial charge < -0.3 is 5.11 Å². The molecule has 5 aromatic rings. The molecule has 0 atom stereocenters. The fraction of sp³-hybridized carbons (Fsp3) is 0.0769. The fourth-order valence-corrected chi connectivity index (χ4v) is 3.95. The van der Waals surface area contributed by atoms with Gasteiger partial charge in [0.2, 0.25) is 11.7 Å². The second-order valence-electron chi connectivity index (χ2n) is 8.01. The van der Waals surface area contributed by atoms with E-state index < -0.39 is 16.4 Å². The summed E-state index contributed by atoms with van der Waals surface area (Å²) in [7, 11) is 0. The molecule has 0 bridgehead atoms. The van der Waals surface area contributed by atoms with E-state index in [4.69, 9.17) is 0 Å². The number of imidazole rings is 1. The summed E-state index contributed by atoms with van der Waals surface area (Å²) in [5.41, 5.74) is 2.21. The van der Waals surface area contributed by atoms with E-state index in [0.717, 1.165) is 17.2 Å². The first-order valence-electron chi connectivity index (χ1n) is 10.7. The molecule has 9 heteroatoms. The smallest absolute Gasteiger partial charge is 0.305 e. The summed E-state index contributed by atoms with van der Waals surface area (Å²) in [6.07, 6.45) is 1.97. The number of nitro groups is 1. The zero-order chi connectivity index (χ0) is 24.5. The third-order valence-electron chi connectivity index (χ3n) is 5.67. The molecular weight excluding hydrogens is 454 g/mol.